The SMILES string of the molecule is CCOC(=O)CC(CCC(C)C)NCc1ccc(F)cc1. The van der Waals surface area contributed by atoms with Gasteiger partial charge in [0.25, 0.3) is 0 Å². The molecular formula is C17H26FNO2. The summed E-state index contributed by atoms with van der Waals surface area (Å²) >= 11 is 0. The van der Waals surface area contributed by atoms with Crippen LogP contribution < -0.4 is 5.32 Å². The number of halogens is 1. The molecular weight excluding hydrogens is 269 g/mol. The van der Waals surface area contributed by atoms with Crippen molar-refractivity contribution in [2.45, 2.75) is 52.6 Å². The van der Waals surface area contributed by atoms with Crippen LogP contribution >= 0.6 is 0 Å². The van der Waals surface area contributed by atoms with Crippen molar-refractivity contribution in [3.8, 4) is 0 Å². The molecule has 4 heteroatoms. The van der Waals surface area contributed by atoms with Crippen molar-refractivity contribution in [3.05, 3.63) is 35.6 Å². The van der Waals surface area contributed by atoms with Crippen molar-refractivity contribution in [1.29, 1.82) is 0 Å². The molecule has 0 radical (unpaired) electrons. The van der Waals surface area contributed by atoms with Crippen molar-refractivity contribution < 1.29 is 13.9 Å². The van der Waals surface area contributed by atoms with Gasteiger partial charge >= 0.3 is 5.97 Å². The van der Waals surface area contributed by atoms with E-state index in [1.807, 2.05) is 6.92 Å². The molecule has 1 aromatic rings. The molecule has 118 valence electrons. The maximum Gasteiger partial charge on any atom is 0.307 e. The van der Waals surface area contributed by atoms with Crippen LogP contribution in [0.5, 0.6) is 0 Å². The molecule has 0 saturated carbocycles. The van der Waals surface area contributed by atoms with E-state index in [0.29, 0.717) is 25.5 Å². The minimum Gasteiger partial charge on any atom is -0.466 e. The van der Waals surface area contributed by atoms with E-state index in [0.717, 1.165) is 18.4 Å². The van der Waals surface area contributed by atoms with Crippen LogP contribution in [0.2, 0.25) is 0 Å². The Bertz CT molecular complexity index is 417. The first-order chi connectivity index (χ1) is 10.0. The highest BCUT2D eigenvalue weighted by atomic mass is 19.1. The van der Waals surface area contributed by atoms with Crippen LogP contribution in [0.1, 0.15) is 45.6 Å². The number of hydrogen-bond acceptors (Lipinski definition) is 3. The summed E-state index contributed by atoms with van der Waals surface area (Å²) in [5.74, 6) is 0.196. The highest BCUT2D eigenvalue weighted by Gasteiger charge is 2.15. The molecule has 0 spiro atoms. The fraction of sp³-hybridized carbons (Fsp3) is 0.588. The summed E-state index contributed by atoms with van der Waals surface area (Å²) in [7, 11) is 0. The quantitative estimate of drug-likeness (QED) is 0.706. The molecule has 1 atom stereocenters. The molecule has 1 unspecified atom stereocenters. The minimum atomic E-state index is -0.235. The molecule has 0 aliphatic carbocycles. The van der Waals surface area contributed by atoms with Gasteiger partial charge in [0.2, 0.25) is 0 Å². The summed E-state index contributed by atoms with van der Waals surface area (Å²) < 4.78 is 17.9. The van der Waals surface area contributed by atoms with Crippen LogP contribution in [0.3, 0.4) is 0 Å². The van der Waals surface area contributed by atoms with E-state index in [9.17, 15) is 9.18 Å². The summed E-state index contributed by atoms with van der Waals surface area (Å²) in [4.78, 5) is 11.6. The van der Waals surface area contributed by atoms with Crippen molar-refractivity contribution in [3.63, 3.8) is 0 Å². The Morgan fingerprint density at radius 3 is 2.48 bits per heavy atom. The molecule has 0 heterocycles. The van der Waals surface area contributed by atoms with Gasteiger partial charge < -0.3 is 10.1 Å². The second kappa shape index (κ2) is 9.50. The lowest BCUT2D eigenvalue weighted by Crippen LogP contribution is -2.32. The lowest BCUT2D eigenvalue weighted by Gasteiger charge is -2.19. The Balaban J connectivity index is 2.50. The summed E-state index contributed by atoms with van der Waals surface area (Å²) in [5, 5.41) is 3.38. The summed E-state index contributed by atoms with van der Waals surface area (Å²) in [6.07, 6.45) is 2.36. The minimum absolute atomic E-state index is 0.0940. The normalized spacial score (nSPS) is 12.4. The van der Waals surface area contributed by atoms with E-state index >= 15 is 0 Å². The Labute approximate surface area is 126 Å². The number of benzene rings is 1. The first-order valence-electron chi connectivity index (χ1n) is 7.64. The van der Waals surface area contributed by atoms with Gasteiger partial charge in [0, 0.05) is 12.6 Å². The second-order valence-electron chi connectivity index (χ2n) is 5.68. The van der Waals surface area contributed by atoms with Gasteiger partial charge in [-0.1, -0.05) is 26.0 Å². The fourth-order valence-electron chi connectivity index (χ4n) is 2.10. The zero-order chi connectivity index (χ0) is 15.7. The van der Waals surface area contributed by atoms with Crippen molar-refractivity contribution in [2.24, 2.45) is 5.92 Å². The maximum atomic E-state index is 12.9. The third-order valence-corrected chi connectivity index (χ3v) is 3.32. The smallest absolute Gasteiger partial charge is 0.307 e. The molecule has 1 N–H and O–H groups in total. The van der Waals surface area contributed by atoms with Crippen molar-refractivity contribution in [1.82, 2.24) is 5.32 Å². The first-order valence-corrected chi connectivity index (χ1v) is 7.64. The lowest BCUT2D eigenvalue weighted by atomic mass is 10.0. The molecule has 0 aromatic heterocycles. The van der Waals surface area contributed by atoms with Gasteiger partial charge in [-0.15, -0.1) is 0 Å². The van der Waals surface area contributed by atoms with E-state index in [1.165, 1.54) is 12.1 Å². The van der Waals surface area contributed by atoms with E-state index in [2.05, 4.69) is 19.2 Å². The molecule has 0 bridgehead atoms. The lowest BCUT2D eigenvalue weighted by molar-refractivity contribution is -0.143. The largest absolute Gasteiger partial charge is 0.466 e. The number of esters is 1. The van der Waals surface area contributed by atoms with Crippen LogP contribution in [0.25, 0.3) is 0 Å². The van der Waals surface area contributed by atoms with Gasteiger partial charge in [-0.3, -0.25) is 4.79 Å². The van der Waals surface area contributed by atoms with Gasteiger partial charge in [-0.25, -0.2) is 4.39 Å². The second-order valence-corrected chi connectivity index (χ2v) is 5.68. The predicted octanol–water partition coefficient (Wildman–Crippen LogP) is 3.67. The molecule has 0 fully saturated rings. The topological polar surface area (TPSA) is 38.3 Å². The third kappa shape index (κ3) is 7.81. The highest BCUT2D eigenvalue weighted by molar-refractivity contribution is 5.70. The van der Waals surface area contributed by atoms with Crippen LogP contribution in [-0.2, 0) is 16.1 Å². The number of hydrogen-bond donors (Lipinski definition) is 1. The maximum absolute atomic E-state index is 12.9. The molecule has 3 nitrogen and oxygen atoms in total. The van der Waals surface area contributed by atoms with Gasteiger partial charge in [-0.2, -0.15) is 0 Å². The van der Waals surface area contributed by atoms with Crippen LogP contribution in [0.4, 0.5) is 4.39 Å². The summed E-state index contributed by atoms with van der Waals surface area (Å²) in [6, 6.07) is 6.51. The predicted molar refractivity (Wildman–Crippen MR) is 82.3 cm³/mol. The van der Waals surface area contributed by atoms with Gasteiger partial charge in [-0.05, 0) is 43.4 Å². The molecule has 0 aliphatic rings. The van der Waals surface area contributed by atoms with Gasteiger partial charge in [0.05, 0.1) is 13.0 Å². The fourth-order valence-corrected chi connectivity index (χ4v) is 2.10. The van der Waals surface area contributed by atoms with Gasteiger partial charge in [0.1, 0.15) is 5.82 Å². The van der Waals surface area contributed by atoms with E-state index in [1.54, 1.807) is 12.1 Å². The standard InChI is InChI=1S/C17H26FNO2/c1-4-21-17(20)11-16(10-5-13(2)3)19-12-14-6-8-15(18)9-7-14/h6-9,13,16,19H,4-5,10-12H2,1-3H3. The number of nitrogens with one attached hydrogen (secondary N) is 1. The van der Waals surface area contributed by atoms with Gasteiger partial charge in [0.15, 0.2) is 0 Å². The Morgan fingerprint density at radius 1 is 1.24 bits per heavy atom. The Hall–Kier alpha value is -1.42. The average molecular weight is 295 g/mol. The highest BCUT2D eigenvalue weighted by Crippen LogP contribution is 2.11. The van der Waals surface area contributed by atoms with Crippen molar-refractivity contribution in [2.75, 3.05) is 6.61 Å². The molecule has 0 saturated heterocycles. The number of carbonyl (C=O) groups excluding carboxylic acids is 1. The Kier molecular flexibility index (Phi) is 7.98. The number of carbonyl (C=O) groups is 1. The Morgan fingerprint density at radius 2 is 1.90 bits per heavy atom. The van der Waals surface area contributed by atoms with E-state index in [-0.39, 0.29) is 17.8 Å². The van der Waals surface area contributed by atoms with Crippen LogP contribution in [0, 0.1) is 11.7 Å². The summed E-state index contributed by atoms with van der Waals surface area (Å²) in [5.41, 5.74) is 1.01. The molecule has 1 rings (SSSR count). The number of ether oxygens (including phenoxy) is 1. The summed E-state index contributed by atoms with van der Waals surface area (Å²) in [6.45, 7) is 7.19. The molecule has 0 aliphatic heterocycles. The number of rotatable bonds is 9. The zero-order valence-electron chi connectivity index (χ0n) is 13.2. The van der Waals surface area contributed by atoms with Crippen LogP contribution in [-0.4, -0.2) is 18.6 Å². The monoisotopic (exact) mass is 295 g/mol. The third-order valence-electron chi connectivity index (χ3n) is 3.32. The molecule has 21 heavy (non-hydrogen) atoms. The van der Waals surface area contributed by atoms with Crippen LogP contribution in [0.15, 0.2) is 24.3 Å². The van der Waals surface area contributed by atoms with E-state index < -0.39 is 0 Å². The van der Waals surface area contributed by atoms with Crippen molar-refractivity contribution >= 4 is 5.97 Å². The molecule has 1 aromatic carbocycles. The first kappa shape index (κ1) is 17.6. The van der Waals surface area contributed by atoms with E-state index in [4.69, 9.17) is 4.74 Å². The average Bonchev–Trinajstić information content (AvgIpc) is 2.43. The molecule has 0 amide bonds. The zero-order valence-corrected chi connectivity index (χ0v) is 13.2.